The number of anilines is 1. The number of carboxylic acid groups (broad SMARTS) is 1. The van der Waals surface area contributed by atoms with E-state index in [-0.39, 0.29) is 24.9 Å². The minimum absolute atomic E-state index is 0.00145. The highest BCUT2D eigenvalue weighted by atomic mass is 16.4. The van der Waals surface area contributed by atoms with E-state index in [1.54, 1.807) is 6.08 Å². The lowest BCUT2D eigenvalue weighted by molar-refractivity contribution is -0.147. The van der Waals surface area contributed by atoms with Crippen molar-refractivity contribution in [1.82, 2.24) is 9.80 Å². The first-order valence-corrected chi connectivity index (χ1v) is 16.0. The Hall–Kier alpha value is -4.26. The Bertz CT molecular complexity index is 1310. The predicted octanol–water partition coefficient (Wildman–Crippen LogP) is 8.02. The first kappa shape index (κ1) is 36.9. The molecule has 45 heavy (non-hydrogen) atoms. The number of allylic oxidation sites excluding steroid dienone is 10. The van der Waals surface area contributed by atoms with E-state index >= 15 is 0 Å². The lowest BCUT2D eigenvalue weighted by Gasteiger charge is -2.42. The highest BCUT2D eigenvalue weighted by molar-refractivity contribution is 5.87. The van der Waals surface area contributed by atoms with Gasteiger partial charge in [-0.3, -0.25) is 19.4 Å². The summed E-state index contributed by atoms with van der Waals surface area (Å²) < 4.78 is 0. The number of carboxylic acids is 1. The number of carbonyl (C=O) groups excluding carboxylic acids is 1. The van der Waals surface area contributed by atoms with E-state index in [2.05, 4.69) is 60.9 Å². The Morgan fingerprint density at radius 1 is 0.956 bits per heavy atom. The summed E-state index contributed by atoms with van der Waals surface area (Å²) >= 11 is 0. The molecule has 1 aliphatic carbocycles. The van der Waals surface area contributed by atoms with Crippen LogP contribution in [0, 0.1) is 0 Å². The van der Waals surface area contributed by atoms with Gasteiger partial charge in [0.25, 0.3) is 0 Å². The standard InChI is InChI=1S/C30H35N3O3.C7H10.C2H6/c1-24(25-13-7-5-8-14-25)31-19-20-32(29(23-31)30(35)36)21-28(34)22-33(27-17-11-6-12-18-27)26-15-9-3-2-4-10-16-26;1-3-5-7-6-4-2;1-2/h2-3,5-8,10-18,24,29H,4,9,19-23H2,1H3,(H,35,36);3-7H,1H2,2H3;1-2H3/b3-2-,16-10-,26-15?;6-4-,7-5-;. The third-order valence-corrected chi connectivity index (χ3v) is 7.47. The van der Waals surface area contributed by atoms with Gasteiger partial charge < -0.3 is 10.0 Å². The van der Waals surface area contributed by atoms with Crippen LogP contribution in [0.1, 0.15) is 52.1 Å². The molecule has 1 aliphatic heterocycles. The quantitative estimate of drug-likeness (QED) is 0.206. The monoisotopic (exact) mass is 609 g/mol. The Balaban J connectivity index is 0.000000692. The third kappa shape index (κ3) is 12.7. The van der Waals surface area contributed by atoms with Crippen LogP contribution in [0.25, 0.3) is 0 Å². The Kier molecular flexibility index (Phi) is 17.6. The molecule has 0 spiro atoms. The summed E-state index contributed by atoms with van der Waals surface area (Å²) in [6, 6.07) is 19.4. The minimum Gasteiger partial charge on any atom is -0.480 e. The van der Waals surface area contributed by atoms with Crippen molar-refractivity contribution >= 4 is 17.4 Å². The fourth-order valence-corrected chi connectivity index (χ4v) is 5.12. The van der Waals surface area contributed by atoms with Crippen LogP contribution < -0.4 is 4.90 Å². The molecule has 0 saturated carbocycles. The summed E-state index contributed by atoms with van der Waals surface area (Å²) in [4.78, 5) is 31.6. The first-order chi connectivity index (χ1) is 21.9. The molecule has 0 bridgehead atoms. The molecule has 2 atom stereocenters. The Morgan fingerprint density at radius 2 is 1.62 bits per heavy atom. The van der Waals surface area contributed by atoms with E-state index in [1.165, 1.54) is 5.56 Å². The van der Waals surface area contributed by atoms with Gasteiger partial charge in [-0.2, -0.15) is 0 Å². The van der Waals surface area contributed by atoms with E-state index < -0.39 is 12.0 Å². The summed E-state index contributed by atoms with van der Waals surface area (Å²) in [5.74, 6) is -0.883. The summed E-state index contributed by atoms with van der Waals surface area (Å²) in [6.45, 7) is 13.6. The van der Waals surface area contributed by atoms with E-state index in [9.17, 15) is 14.7 Å². The molecular formula is C39H51N3O3. The van der Waals surface area contributed by atoms with Gasteiger partial charge in [0.1, 0.15) is 6.04 Å². The average Bonchev–Trinajstić information content (AvgIpc) is 3.06. The molecule has 4 rings (SSSR count). The molecule has 1 heterocycles. The van der Waals surface area contributed by atoms with Crippen LogP contribution in [0.15, 0.2) is 134 Å². The van der Waals surface area contributed by atoms with Crippen molar-refractivity contribution < 1.29 is 14.7 Å². The van der Waals surface area contributed by atoms with E-state index in [0.717, 1.165) is 30.8 Å². The van der Waals surface area contributed by atoms with Crippen molar-refractivity contribution in [2.45, 2.75) is 52.6 Å². The second kappa shape index (κ2) is 21.4. The van der Waals surface area contributed by atoms with Crippen LogP contribution in [-0.2, 0) is 9.59 Å². The Morgan fingerprint density at radius 3 is 2.27 bits per heavy atom. The number of piperazine rings is 1. The first-order valence-electron chi connectivity index (χ1n) is 16.0. The van der Waals surface area contributed by atoms with Crippen LogP contribution >= 0.6 is 0 Å². The van der Waals surface area contributed by atoms with Crippen molar-refractivity contribution in [2.75, 3.05) is 37.6 Å². The maximum absolute atomic E-state index is 13.3. The molecule has 6 heteroatoms. The van der Waals surface area contributed by atoms with Gasteiger partial charge in [-0.1, -0.05) is 124 Å². The summed E-state index contributed by atoms with van der Waals surface area (Å²) in [6.07, 6.45) is 21.7. The summed E-state index contributed by atoms with van der Waals surface area (Å²) in [7, 11) is 0. The van der Waals surface area contributed by atoms with Crippen LogP contribution in [0.4, 0.5) is 5.69 Å². The number of carbonyl (C=O) groups is 2. The van der Waals surface area contributed by atoms with Gasteiger partial charge in [-0.15, -0.1) is 0 Å². The van der Waals surface area contributed by atoms with Crippen LogP contribution in [0.3, 0.4) is 0 Å². The zero-order chi connectivity index (χ0) is 32.9. The van der Waals surface area contributed by atoms with E-state index in [1.807, 2.05) is 103 Å². The fraction of sp³-hybridized carbons (Fsp3) is 0.333. The van der Waals surface area contributed by atoms with Crippen molar-refractivity contribution in [3.05, 3.63) is 139 Å². The highest BCUT2D eigenvalue weighted by Gasteiger charge is 2.35. The zero-order valence-corrected chi connectivity index (χ0v) is 27.5. The number of aliphatic carboxylic acids is 1. The number of hydrogen-bond donors (Lipinski definition) is 1. The average molecular weight is 610 g/mol. The van der Waals surface area contributed by atoms with Crippen LogP contribution in [0.5, 0.6) is 0 Å². The molecule has 1 N–H and O–H groups in total. The SMILES string of the molecule is C=C/C=C\C=C/C.CC.CC(c1ccccc1)N1CCN(CC(=O)CN(C2=CC/C=C\C/C=C\2)c2ccccc2)C(C(=O)O)C1. The Labute approximate surface area is 271 Å². The van der Waals surface area contributed by atoms with Crippen LogP contribution in [-0.4, -0.2) is 65.4 Å². The molecule has 0 radical (unpaired) electrons. The van der Waals surface area contributed by atoms with Gasteiger partial charge in [0.05, 0.1) is 13.1 Å². The predicted molar refractivity (Wildman–Crippen MR) is 189 cm³/mol. The number of ketones is 1. The van der Waals surface area contributed by atoms with Crippen molar-refractivity contribution in [2.24, 2.45) is 0 Å². The molecule has 2 aromatic rings. The molecule has 0 amide bonds. The normalized spacial score (nSPS) is 19.0. The van der Waals surface area contributed by atoms with Gasteiger partial charge in [0.15, 0.2) is 5.78 Å². The number of benzene rings is 2. The molecule has 6 nitrogen and oxygen atoms in total. The highest BCUT2D eigenvalue weighted by Crippen LogP contribution is 2.25. The molecular weight excluding hydrogens is 558 g/mol. The maximum Gasteiger partial charge on any atom is 0.322 e. The third-order valence-electron chi connectivity index (χ3n) is 7.47. The molecule has 240 valence electrons. The number of para-hydroxylation sites is 1. The van der Waals surface area contributed by atoms with Crippen molar-refractivity contribution in [3.8, 4) is 0 Å². The number of nitrogens with zero attached hydrogens (tertiary/aromatic N) is 3. The van der Waals surface area contributed by atoms with Crippen molar-refractivity contribution in [1.29, 1.82) is 0 Å². The van der Waals surface area contributed by atoms with Gasteiger partial charge in [0, 0.05) is 37.1 Å². The number of rotatable bonds is 11. The lowest BCUT2D eigenvalue weighted by atomic mass is 10.0. The minimum atomic E-state index is -0.884. The molecule has 1 saturated heterocycles. The lowest BCUT2D eigenvalue weighted by Crippen LogP contribution is -2.58. The molecule has 2 aromatic carbocycles. The van der Waals surface area contributed by atoms with Gasteiger partial charge >= 0.3 is 5.97 Å². The molecule has 1 fully saturated rings. The molecule has 0 aromatic heterocycles. The second-order valence-electron chi connectivity index (χ2n) is 10.5. The van der Waals surface area contributed by atoms with Gasteiger partial charge in [-0.25, -0.2) is 0 Å². The van der Waals surface area contributed by atoms with Crippen molar-refractivity contribution in [3.63, 3.8) is 0 Å². The zero-order valence-electron chi connectivity index (χ0n) is 27.5. The molecule has 2 unspecified atom stereocenters. The fourth-order valence-electron chi connectivity index (χ4n) is 5.12. The van der Waals surface area contributed by atoms with E-state index in [0.29, 0.717) is 13.1 Å². The molecule has 2 aliphatic rings. The summed E-state index contributed by atoms with van der Waals surface area (Å²) in [5.41, 5.74) is 3.10. The second-order valence-corrected chi connectivity index (χ2v) is 10.5. The largest absolute Gasteiger partial charge is 0.480 e. The number of hydrogen-bond acceptors (Lipinski definition) is 5. The smallest absolute Gasteiger partial charge is 0.322 e. The topological polar surface area (TPSA) is 64.1 Å². The summed E-state index contributed by atoms with van der Waals surface area (Å²) in [5, 5.41) is 10.00. The van der Waals surface area contributed by atoms with E-state index in [4.69, 9.17) is 0 Å². The van der Waals surface area contributed by atoms with Gasteiger partial charge in [-0.05, 0) is 50.5 Å². The van der Waals surface area contributed by atoms with Gasteiger partial charge in [0.2, 0.25) is 0 Å². The number of Topliss-reactive ketones (excluding diaryl/α,β-unsaturated/α-hetero) is 1. The van der Waals surface area contributed by atoms with Crippen LogP contribution in [0.2, 0.25) is 0 Å². The maximum atomic E-state index is 13.3.